The molecule has 2 rings (SSSR count). The van der Waals surface area contributed by atoms with Crippen LogP contribution < -0.4 is 42.4 Å². The molecule has 0 aliphatic heterocycles. The molecule has 0 aliphatic carbocycles. The summed E-state index contributed by atoms with van der Waals surface area (Å²) in [4.78, 5) is 0. The Hall–Kier alpha value is -0.540. The molecule has 0 saturated heterocycles. The number of benzene rings is 2. The van der Waals surface area contributed by atoms with Gasteiger partial charge in [0.15, 0.2) is 0 Å². The highest BCUT2D eigenvalue weighted by molar-refractivity contribution is 5.01. The van der Waals surface area contributed by atoms with Crippen LogP contribution >= 0.6 is 0 Å². The topological polar surface area (TPSA) is 0 Å². The monoisotopic (exact) mass is 432 g/mol. The fourth-order valence-electron chi connectivity index (χ4n) is 1.10. The summed E-state index contributed by atoms with van der Waals surface area (Å²) in [7, 11) is 0. The van der Waals surface area contributed by atoms with Gasteiger partial charge in [-0.3, -0.25) is 0 Å². The number of halogens is 2. The van der Waals surface area contributed by atoms with Crippen molar-refractivity contribution < 1.29 is 42.4 Å². The predicted molar refractivity (Wildman–Crippen MR) is 58.1 cm³/mol. The summed E-state index contributed by atoms with van der Waals surface area (Å²) in [6.07, 6.45) is 0. The van der Waals surface area contributed by atoms with E-state index in [0.717, 1.165) is 0 Å². The van der Waals surface area contributed by atoms with Crippen molar-refractivity contribution in [2.45, 2.75) is 0 Å². The van der Waals surface area contributed by atoms with Crippen LogP contribution in [0, 0.1) is 15.0 Å². The van der Waals surface area contributed by atoms with E-state index in [4.69, 9.17) is 0 Å². The zero-order chi connectivity index (χ0) is 11.1. The third kappa shape index (κ3) is 4.14. The smallest absolute Gasteiger partial charge is 0.0619 e. The zero-order valence-corrected chi connectivity index (χ0v) is 12.8. The van der Waals surface area contributed by atoms with Gasteiger partial charge in [0.2, 0.25) is 15.0 Å². The number of rotatable bonds is 2. The number of hydrogen-bond donors (Lipinski definition) is 0. The zero-order valence-electron chi connectivity index (χ0n) is 8.53. The first kappa shape index (κ1) is 11.9. The van der Waals surface area contributed by atoms with Crippen LogP contribution in [0.5, 0.6) is 0 Å². The molecule has 0 heterocycles. The van der Waals surface area contributed by atoms with Crippen molar-refractivity contribution in [1.29, 1.82) is 0 Å². The molecular formula is C14H10I2+2. The van der Waals surface area contributed by atoms with E-state index < -0.39 is 0 Å². The Labute approximate surface area is 117 Å². The van der Waals surface area contributed by atoms with Crippen molar-refractivity contribution in [1.82, 2.24) is 0 Å². The van der Waals surface area contributed by atoms with Crippen molar-refractivity contribution >= 4 is 0 Å². The van der Waals surface area contributed by atoms with Crippen LogP contribution in [0.2, 0.25) is 0 Å². The molecule has 0 radical (unpaired) electrons. The molecule has 0 aromatic heterocycles. The second-order valence-corrected chi connectivity index (χ2v) is 7.62. The second kappa shape index (κ2) is 6.92. The first-order valence-electron chi connectivity index (χ1n) is 4.83. The fourth-order valence-corrected chi connectivity index (χ4v) is 4.84. The van der Waals surface area contributed by atoms with Crippen LogP contribution in [0.3, 0.4) is 0 Å². The van der Waals surface area contributed by atoms with E-state index in [1.54, 1.807) is 0 Å². The lowest BCUT2D eigenvalue weighted by Gasteiger charge is -1.76. The van der Waals surface area contributed by atoms with E-state index in [1.807, 2.05) is 0 Å². The van der Waals surface area contributed by atoms with Gasteiger partial charge in [0.1, 0.15) is 0 Å². The molecular weight excluding hydrogens is 422 g/mol. The van der Waals surface area contributed by atoms with Crippen LogP contribution in [-0.4, -0.2) is 0 Å². The van der Waals surface area contributed by atoms with Gasteiger partial charge in [0.25, 0.3) is 0 Å². The fraction of sp³-hybridized carbons (Fsp3) is 0. The highest BCUT2D eigenvalue weighted by atomic mass is 127. The minimum absolute atomic E-state index is 0.105. The standard InChI is InChI=1S/C14H10I2/c1-3-7-13(8-4-1)15-11-12-16-14-9-5-2-6-10-14/h1-10H/q+2. The van der Waals surface area contributed by atoms with Crippen molar-refractivity contribution in [3.05, 3.63) is 67.8 Å². The third-order valence-corrected chi connectivity index (χ3v) is 6.61. The Kier molecular flexibility index (Phi) is 5.16. The van der Waals surface area contributed by atoms with Crippen LogP contribution in [0.25, 0.3) is 0 Å². The number of hydrogen-bond acceptors (Lipinski definition) is 0. The van der Waals surface area contributed by atoms with Gasteiger partial charge >= 0.3 is 42.4 Å². The molecule has 0 N–H and O–H groups in total. The minimum atomic E-state index is -0.105. The quantitative estimate of drug-likeness (QED) is 0.347. The molecule has 2 aromatic carbocycles. The molecule has 2 heteroatoms. The molecule has 0 amide bonds. The minimum Gasteiger partial charge on any atom is -0.0619 e. The van der Waals surface area contributed by atoms with Gasteiger partial charge in [0, 0.05) is 0 Å². The lowest BCUT2D eigenvalue weighted by molar-refractivity contribution is -0.561. The first-order chi connectivity index (χ1) is 7.95. The van der Waals surface area contributed by atoms with Gasteiger partial charge in [0.05, 0.1) is 0 Å². The molecule has 2 aromatic rings. The maximum Gasteiger partial charge on any atom is 0.424 e. The normalized spacial score (nSPS) is 9.25. The van der Waals surface area contributed by atoms with E-state index in [1.165, 1.54) is 7.14 Å². The van der Waals surface area contributed by atoms with Gasteiger partial charge in [-0.05, 0) is 24.3 Å². The maximum atomic E-state index is 3.36. The van der Waals surface area contributed by atoms with Crippen molar-refractivity contribution in [2.75, 3.05) is 0 Å². The summed E-state index contributed by atoms with van der Waals surface area (Å²) in [5.41, 5.74) is 0. The molecule has 0 nitrogen and oxygen atoms in total. The Morgan fingerprint density at radius 3 is 1.31 bits per heavy atom. The summed E-state index contributed by atoms with van der Waals surface area (Å²) in [6, 6.07) is 21.1. The molecule has 0 bridgehead atoms. The third-order valence-electron chi connectivity index (χ3n) is 1.81. The highest BCUT2D eigenvalue weighted by Gasteiger charge is 2.11. The summed E-state index contributed by atoms with van der Waals surface area (Å²) < 4.78 is 9.53. The highest BCUT2D eigenvalue weighted by Crippen LogP contribution is 1.82. The predicted octanol–water partition coefficient (Wildman–Crippen LogP) is -3.18. The summed E-state index contributed by atoms with van der Waals surface area (Å²) >= 11 is -0.210. The Morgan fingerprint density at radius 2 is 0.938 bits per heavy atom. The van der Waals surface area contributed by atoms with Crippen LogP contribution in [0.4, 0.5) is 0 Å². The van der Waals surface area contributed by atoms with E-state index in [0.29, 0.717) is 0 Å². The Balaban J connectivity index is 1.88. The Bertz CT molecular complexity index is 435. The van der Waals surface area contributed by atoms with Gasteiger partial charge < -0.3 is 0 Å². The summed E-state index contributed by atoms with van der Waals surface area (Å²) in [5, 5.41) is 0. The van der Waals surface area contributed by atoms with Gasteiger partial charge in [-0.25, -0.2) is 0 Å². The molecule has 16 heavy (non-hydrogen) atoms. The molecule has 0 fully saturated rings. The van der Waals surface area contributed by atoms with Gasteiger partial charge in [-0.2, -0.15) is 0 Å². The van der Waals surface area contributed by atoms with Crippen molar-refractivity contribution in [3.63, 3.8) is 0 Å². The largest absolute Gasteiger partial charge is 0.424 e. The first-order valence-corrected chi connectivity index (χ1v) is 9.14. The van der Waals surface area contributed by atoms with Crippen LogP contribution in [0.15, 0.2) is 60.7 Å². The molecule has 0 spiro atoms. The van der Waals surface area contributed by atoms with E-state index in [2.05, 4.69) is 68.5 Å². The lowest BCUT2D eigenvalue weighted by Crippen LogP contribution is -3.63. The van der Waals surface area contributed by atoms with Crippen molar-refractivity contribution in [3.8, 4) is 7.85 Å². The Morgan fingerprint density at radius 1 is 0.562 bits per heavy atom. The molecule has 0 unspecified atom stereocenters. The average Bonchev–Trinajstić information content (AvgIpc) is 2.37. The van der Waals surface area contributed by atoms with E-state index in [9.17, 15) is 0 Å². The second-order valence-electron chi connectivity index (χ2n) is 2.97. The van der Waals surface area contributed by atoms with Gasteiger partial charge in [-0.15, -0.1) is 0 Å². The van der Waals surface area contributed by atoms with E-state index in [-0.39, 0.29) is 42.4 Å². The van der Waals surface area contributed by atoms with Gasteiger partial charge in [-0.1, -0.05) is 36.4 Å². The molecule has 0 atom stereocenters. The molecule has 0 saturated carbocycles. The summed E-state index contributed by atoms with van der Waals surface area (Å²) in [6.45, 7) is 0. The molecule has 78 valence electrons. The lowest BCUT2D eigenvalue weighted by atomic mass is 10.4. The summed E-state index contributed by atoms with van der Waals surface area (Å²) in [5.74, 6) is 0. The van der Waals surface area contributed by atoms with E-state index >= 15 is 0 Å². The average molecular weight is 432 g/mol. The maximum absolute atomic E-state index is 3.36. The molecule has 0 aliphatic rings. The van der Waals surface area contributed by atoms with Crippen molar-refractivity contribution in [2.24, 2.45) is 0 Å². The van der Waals surface area contributed by atoms with Crippen LogP contribution in [-0.2, 0) is 0 Å². The SMILES string of the molecule is C(#C[I+]c1ccccc1)[I+]c1ccccc1. The van der Waals surface area contributed by atoms with Crippen LogP contribution in [0.1, 0.15) is 0 Å².